The van der Waals surface area contributed by atoms with E-state index in [4.69, 9.17) is 0 Å². The molecule has 8 heteroatoms. The van der Waals surface area contributed by atoms with E-state index in [-0.39, 0.29) is 10.8 Å². The first-order valence-corrected chi connectivity index (χ1v) is 10.1. The average molecular weight is 374 g/mol. The third-order valence-electron chi connectivity index (χ3n) is 5.09. The van der Waals surface area contributed by atoms with Crippen LogP contribution in [0.4, 0.5) is 0 Å². The number of nitrogens with zero attached hydrogens (tertiary/aromatic N) is 3. The number of aromatic nitrogens is 3. The molecule has 4 rings (SSSR count). The van der Waals surface area contributed by atoms with Crippen LogP contribution < -0.4 is 4.72 Å². The molecule has 0 spiro atoms. The number of hydrogen-bond acceptors (Lipinski definition) is 4. The molecule has 0 saturated heterocycles. The fourth-order valence-electron chi connectivity index (χ4n) is 3.86. The third kappa shape index (κ3) is 3.15. The molecule has 1 saturated carbocycles. The van der Waals surface area contributed by atoms with Crippen LogP contribution in [0.5, 0.6) is 0 Å². The standard InChI is InChI=1S/C18H22N4O3S/c1-21-9-6-14-4-2-5-17(18(14)21)26(24,25)20-15-10-13(11-16(15)23)12-22-8-3-7-19-22/h2-9,13,15-16,20,23H,10-12H2,1H3/t13?,15-,16-/m1/s1. The Morgan fingerprint density at radius 1 is 1.23 bits per heavy atom. The number of hydrogen-bond donors (Lipinski definition) is 2. The molecule has 26 heavy (non-hydrogen) atoms. The van der Waals surface area contributed by atoms with Gasteiger partial charge in [0.15, 0.2) is 0 Å². The van der Waals surface area contributed by atoms with Gasteiger partial charge in [0, 0.05) is 43.6 Å². The summed E-state index contributed by atoms with van der Waals surface area (Å²) in [6.45, 7) is 0.676. The van der Waals surface area contributed by atoms with Crippen molar-refractivity contribution in [2.45, 2.75) is 36.4 Å². The van der Waals surface area contributed by atoms with Crippen molar-refractivity contribution < 1.29 is 13.5 Å². The molecule has 3 atom stereocenters. The highest BCUT2D eigenvalue weighted by atomic mass is 32.2. The molecule has 2 N–H and O–H groups in total. The van der Waals surface area contributed by atoms with Gasteiger partial charge in [-0.1, -0.05) is 12.1 Å². The second kappa shape index (κ2) is 6.53. The number of sulfonamides is 1. The van der Waals surface area contributed by atoms with Crippen LogP contribution >= 0.6 is 0 Å². The van der Waals surface area contributed by atoms with Crippen LogP contribution in [0.2, 0.25) is 0 Å². The highest BCUT2D eigenvalue weighted by molar-refractivity contribution is 7.89. The summed E-state index contributed by atoms with van der Waals surface area (Å²) in [5, 5.41) is 15.4. The second-order valence-electron chi connectivity index (χ2n) is 6.98. The summed E-state index contributed by atoms with van der Waals surface area (Å²) < 4.78 is 32.3. The Balaban J connectivity index is 1.55. The SMILES string of the molecule is Cn1ccc2cccc(S(=O)(=O)N[C@@H]3CC(Cn4cccn4)C[C@H]3O)c21. The van der Waals surface area contributed by atoms with E-state index in [0.29, 0.717) is 24.9 Å². The summed E-state index contributed by atoms with van der Waals surface area (Å²) in [6, 6.07) is 8.48. The molecule has 1 aliphatic carbocycles. The Hall–Kier alpha value is -2.16. The number of aliphatic hydroxyl groups is 1. The molecule has 0 bridgehead atoms. The molecule has 3 aromatic rings. The number of fused-ring (bicyclic) bond motifs is 1. The smallest absolute Gasteiger partial charge is 0.243 e. The van der Waals surface area contributed by atoms with Gasteiger partial charge in [0.2, 0.25) is 10.0 Å². The monoisotopic (exact) mass is 374 g/mol. The summed E-state index contributed by atoms with van der Waals surface area (Å²) in [5.74, 6) is 0.184. The summed E-state index contributed by atoms with van der Waals surface area (Å²) in [4.78, 5) is 0.241. The zero-order valence-corrected chi connectivity index (χ0v) is 15.3. The van der Waals surface area contributed by atoms with Gasteiger partial charge in [-0.05, 0) is 37.0 Å². The number of benzene rings is 1. The van der Waals surface area contributed by atoms with Gasteiger partial charge in [0.1, 0.15) is 4.90 Å². The zero-order chi connectivity index (χ0) is 18.3. The molecule has 0 amide bonds. The summed E-state index contributed by atoms with van der Waals surface area (Å²) in [7, 11) is -1.91. The lowest BCUT2D eigenvalue weighted by atomic mass is 10.1. The van der Waals surface area contributed by atoms with E-state index in [1.807, 2.05) is 42.3 Å². The molecular weight excluding hydrogens is 352 g/mol. The van der Waals surface area contributed by atoms with E-state index in [2.05, 4.69) is 9.82 Å². The predicted octanol–water partition coefficient (Wildman–Crippen LogP) is 1.49. The Bertz CT molecular complexity index is 1010. The molecule has 0 aliphatic heterocycles. The molecule has 2 heterocycles. The van der Waals surface area contributed by atoms with Crippen molar-refractivity contribution in [1.82, 2.24) is 19.1 Å². The summed E-state index contributed by atoms with van der Waals surface area (Å²) in [5.41, 5.74) is 0.667. The molecule has 7 nitrogen and oxygen atoms in total. The topological polar surface area (TPSA) is 89.2 Å². The fraction of sp³-hybridized carbons (Fsp3) is 0.389. The first kappa shape index (κ1) is 17.3. The first-order valence-electron chi connectivity index (χ1n) is 8.66. The molecule has 138 valence electrons. The van der Waals surface area contributed by atoms with Crippen LogP contribution in [0, 0.1) is 5.92 Å². The van der Waals surface area contributed by atoms with Gasteiger partial charge in [0.25, 0.3) is 0 Å². The Morgan fingerprint density at radius 2 is 2.08 bits per heavy atom. The van der Waals surface area contributed by atoms with E-state index < -0.39 is 22.2 Å². The van der Waals surface area contributed by atoms with Gasteiger partial charge >= 0.3 is 0 Å². The Labute approximate surface area is 152 Å². The van der Waals surface area contributed by atoms with Crippen LogP contribution in [0.25, 0.3) is 10.9 Å². The highest BCUT2D eigenvalue weighted by Gasteiger charge is 2.36. The Morgan fingerprint density at radius 3 is 2.85 bits per heavy atom. The van der Waals surface area contributed by atoms with Crippen LogP contribution in [0.1, 0.15) is 12.8 Å². The van der Waals surface area contributed by atoms with Crippen molar-refractivity contribution in [2.75, 3.05) is 0 Å². The largest absolute Gasteiger partial charge is 0.391 e. The van der Waals surface area contributed by atoms with E-state index in [9.17, 15) is 13.5 Å². The quantitative estimate of drug-likeness (QED) is 0.708. The van der Waals surface area contributed by atoms with Gasteiger partial charge in [-0.3, -0.25) is 4.68 Å². The number of aliphatic hydroxyl groups excluding tert-OH is 1. The zero-order valence-electron chi connectivity index (χ0n) is 14.5. The molecule has 2 aromatic heterocycles. The molecule has 1 aromatic carbocycles. The molecule has 1 unspecified atom stereocenters. The van der Waals surface area contributed by atoms with Crippen molar-refractivity contribution in [3.05, 3.63) is 48.9 Å². The number of rotatable bonds is 5. The van der Waals surface area contributed by atoms with E-state index in [1.54, 1.807) is 22.9 Å². The average Bonchev–Trinajstić information content (AvgIpc) is 3.31. The molecular formula is C18H22N4O3S. The fourth-order valence-corrected chi connectivity index (χ4v) is 5.42. The van der Waals surface area contributed by atoms with Gasteiger partial charge in [-0.15, -0.1) is 0 Å². The van der Waals surface area contributed by atoms with Gasteiger partial charge in [0.05, 0.1) is 11.6 Å². The molecule has 0 radical (unpaired) electrons. The minimum absolute atomic E-state index is 0.184. The van der Waals surface area contributed by atoms with Crippen molar-refractivity contribution >= 4 is 20.9 Å². The van der Waals surface area contributed by atoms with E-state index in [0.717, 1.165) is 5.39 Å². The van der Waals surface area contributed by atoms with Crippen LogP contribution in [0.15, 0.2) is 53.8 Å². The van der Waals surface area contributed by atoms with E-state index >= 15 is 0 Å². The lowest BCUT2D eigenvalue weighted by molar-refractivity contribution is 0.154. The minimum Gasteiger partial charge on any atom is -0.391 e. The third-order valence-corrected chi connectivity index (χ3v) is 6.61. The summed E-state index contributed by atoms with van der Waals surface area (Å²) >= 11 is 0. The number of nitrogens with one attached hydrogen (secondary N) is 1. The molecule has 1 aliphatic rings. The van der Waals surface area contributed by atoms with Crippen molar-refractivity contribution in [1.29, 1.82) is 0 Å². The van der Waals surface area contributed by atoms with Crippen molar-refractivity contribution in [2.24, 2.45) is 13.0 Å². The normalized spacial score (nSPS) is 23.7. The lowest BCUT2D eigenvalue weighted by Crippen LogP contribution is -2.40. The van der Waals surface area contributed by atoms with Gasteiger partial charge in [-0.25, -0.2) is 13.1 Å². The van der Waals surface area contributed by atoms with Crippen LogP contribution in [-0.2, 0) is 23.6 Å². The van der Waals surface area contributed by atoms with Gasteiger partial charge < -0.3 is 9.67 Å². The van der Waals surface area contributed by atoms with Crippen LogP contribution in [0.3, 0.4) is 0 Å². The highest BCUT2D eigenvalue weighted by Crippen LogP contribution is 2.30. The maximum Gasteiger partial charge on any atom is 0.243 e. The van der Waals surface area contributed by atoms with Crippen LogP contribution in [-0.4, -0.2) is 40.0 Å². The number of aryl methyl sites for hydroxylation is 1. The minimum atomic E-state index is -3.73. The maximum absolute atomic E-state index is 13.0. The van der Waals surface area contributed by atoms with Crippen molar-refractivity contribution in [3.63, 3.8) is 0 Å². The second-order valence-corrected chi connectivity index (χ2v) is 8.66. The van der Waals surface area contributed by atoms with Gasteiger partial charge in [-0.2, -0.15) is 5.10 Å². The molecule has 1 fully saturated rings. The number of para-hydroxylation sites is 1. The first-order chi connectivity index (χ1) is 12.4. The maximum atomic E-state index is 13.0. The van der Waals surface area contributed by atoms with Crippen molar-refractivity contribution in [3.8, 4) is 0 Å². The lowest BCUT2D eigenvalue weighted by Gasteiger charge is -2.17. The van der Waals surface area contributed by atoms with E-state index in [1.165, 1.54) is 0 Å². The summed E-state index contributed by atoms with van der Waals surface area (Å²) in [6.07, 6.45) is 5.88. The Kier molecular flexibility index (Phi) is 4.34. The predicted molar refractivity (Wildman–Crippen MR) is 98.0 cm³/mol.